The van der Waals surface area contributed by atoms with Gasteiger partial charge in [-0.15, -0.1) is 12.4 Å². The monoisotopic (exact) mass is 406 g/mol. The number of hydrogen-bond donors (Lipinski definition) is 2. The molecule has 2 aliphatic rings. The number of halogens is 2. The maximum atomic E-state index is 13.2. The number of ether oxygens (including phenoxy) is 1. The van der Waals surface area contributed by atoms with Crippen LogP contribution in [0.2, 0.25) is 5.02 Å². The molecule has 0 aromatic heterocycles. The largest absolute Gasteiger partial charge is 0.381 e. The van der Waals surface area contributed by atoms with Gasteiger partial charge in [0.1, 0.15) is 0 Å². The van der Waals surface area contributed by atoms with Gasteiger partial charge in [-0.05, 0) is 41.2 Å². The maximum absolute atomic E-state index is 13.2. The van der Waals surface area contributed by atoms with Crippen molar-refractivity contribution in [2.45, 2.75) is 37.9 Å². The Bertz CT molecular complexity index is 820. The van der Waals surface area contributed by atoms with Gasteiger partial charge >= 0.3 is 0 Å². The molecular formula is C21H24Cl2N2O2. The third kappa shape index (κ3) is 3.99. The third-order valence-corrected chi connectivity index (χ3v) is 5.85. The standard InChI is InChI=1S/C21H23ClN2O2.ClH/c22-19-4-2-1-3-18(19)21(7-9-26-10-8-21)20(25)24-12-15-5-6-16-13-23-14-17(16)11-15;/h1-6,11,23H,7-10,12-14H2,(H,24,25);1H. The molecule has 144 valence electrons. The molecule has 0 unspecified atom stereocenters. The second-order valence-corrected chi connectivity index (χ2v) is 7.47. The minimum atomic E-state index is -0.616. The molecule has 2 heterocycles. The fourth-order valence-corrected chi connectivity index (χ4v) is 4.31. The highest BCUT2D eigenvalue weighted by Gasteiger charge is 2.42. The molecule has 2 aromatic carbocycles. The molecule has 0 radical (unpaired) electrons. The average Bonchev–Trinajstić information content (AvgIpc) is 3.15. The Labute approximate surface area is 171 Å². The Morgan fingerprint density at radius 2 is 1.85 bits per heavy atom. The zero-order valence-corrected chi connectivity index (χ0v) is 16.7. The molecule has 1 fully saturated rings. The van der Waals surface area contributed by atoms with E-state index in [0.717, 1.165) is 24.2 Å². The number of amides is 1. The lowest BCUT2D eigenvalue weighted by molar-refractivity contribution is -0.130. The number of benzene rings is 2. The number of carbonyl (C=O) groups excluding carboxylic acids is 1. The van der Waals surface area contributed by atoms with E-state index in [2.05, 4.69) is 28.8 Å². The molecule has 0 aliphatic carbocycles. The predicted molar refractivity (Wildman–Crippen MR) is 109 cm³/mol. The average molecular weight is 407 g/mol. The summed E-state index contributed by atoms with van der Waals surface area (Å²) in [6, 6.07) is 14.1. The minimum Gasteiger partial charge on any atom is -0.381 e. The minimum absolute atomic E-state index is 0. The summed E-state index contributed by atoms with van der Waals surface area (Å²) < 4.78 is 5.52. The van der Waals surface area contributed by atoms with Crippen molar-refractivity contribution in [2.24, 2.45) is 0 Å². The number of fused-ring (bicyclic) bond motifs is 1. The zero-order chi connectivity index (χ0) is 18.0. The summed E-state index contributed by atoms with van der Waals surface area (Å²) in [5.74, 6) is 0.0347. The topological polar surface area (TPSA) is 50.4 Å². The van der Waals surface area contributed by atoms with Gasteiger partial charge in [-0.1, -0.05) is 48.0 Å². The van der Waals surface area contributed by atoms with E-state index in [0.29, 0.717) is 37.6 Å². The predicted octanol–water partition coefficient (Wildman–Crippen LogP) is 3.73. The van der Waals surface area contributed by atoms with Crippen LogP contribution in [0.15, 0.2) is 42.5 Å². The van der Waals surface area contributed by atoms with Gasteiger partial charge in [0.05, 0.1) is 5.41 Å². The molecule has 2 N–H and O–H groups in total. The van der Waals surface area contributed by atoms with E-state index in [1.54, 1.807) is 0 Å². The van der Waals surface area contributed by atoms with Crippen molar-refractivity contribution in [1.82, 2.24) is 10.6 Å². The zero-order valence-electron chi connectivity index (χ0n) is 15.1. The second kappa shape index (κ2) is 8.61. The first-order valence-corrected chi connectivity index (χ1v) is 9.49. The van der Waals surface area contributed by atoms with Crippen LogP contribution in [0.3, 0.4) is 0 Å². The molecule has 4 nitrogen and oxygen atoms in total. The van der Waals surface area contributed by atoms with E-state index in [-0.39, 0.29) is 18.3 Å². The maximum Gasteiger partial charge on any atom is 0.231 e. The van der Waals surface area contributed by atoms with E-state index in [4.69, 9.17) is 16.3 Å². The summed E-state index contributed by atoms with van der Waals surface area (Å²) in [6.07, 6.45) is 1.30. The van der Waals surface area contributed by atoms with Crippen LogP contribution in [0, 0.1) is 0 Å². The van der Waals surface area contributed by atoms with Gasteiger partial charge in [0.25, 0.3) is 0 Å². The smallest absolute Gasteiger partial charge is 0.231 e. The van der Waals surface area contributed by atoms with Gasteiger partial charge in [0.15, 0.2) is 0 Å². The first-order chi connectivity index (χ1) is 12.7. The summed E-state index contributed by atoms with van der Waals surface area (Å²) in [5, 5.41) is 7.15. The SMILES string of the molecule is Cl.O=C(NCc1ccc2c(c1)CNC2)C1(c2ccccc2Cl)CCOCC1. The van der Waals surface area contributed by atoms with E-state index < -0.39 is 5.41 Å². The highest BCUT2D eigenvalue weighted by atomic mass is 35.5. The third-order valence-electron chi connectivity index (χ3n) is 5.53. The normalized spacial score (nSPS) is 17.7. The number of nitrogens with one attached hydrogen (secondary N) is 2. The lowest BCUT2D eigenvalue weighted by Gasteiger charge is -2.36. The summed E-state index contributed by atoms with van der Waals surface area (Å²) in [4.78, 5) is 13.2. The van der Waals surface area contributed by atoms with Crippen molar-refractivity contribution in [3.05, 3.63) is 69.7 Å². The van der Waals surface area contributed by atoms with Gasteiger partial charge in [-0.2, -0.15) is 0 Å². The van der Waals surface area contributed by atoms with Crippen molar-refractivity contribution in [2.75, 3.05) is 13.2 Å². The Morgan fingerprint density at radius 3 is 2.63 bits per heavy atom. The molecule has 0 atom stereocenters. The van der Waals surface area contributed by atoms with Crippen molar-refractivity contribution in [3.63, 3.8) is 0 Å². The fourth-order valence-electron chi connectivity index (χ4n) is 4.00. The molecule has 6 heteroatoms. The summed E-state index contributed by atoms with van der Waals surface area (Å²) in [7, 11) is 0. The van der Waals surface area contributed by atoms with Gasteiger partial charge in [0, 0.05) is 37.9 Å². The van der Waals surface area contributed by atoms with Crippen molar-refractivity contribution in [1.29, 1.82) is 0 Å². The molecule has 1 saturated heterocycles. The van der Waals surface area contributed by atoms with Crippen LogP contribution >= 0.6 is 24.0 Å². The number of carbonyl (C=O) groups is 1. The lowest BCUT2D eigenvalue weighted by atomic mass is 9.73. The Hall–Kier alpha value is -1.59. The Morgan fingerprint density at radius 1 is 1.11 bits per heavy atom. The van der Waals surface area contributed by atoms with Crippen LogP contribution in [-0.4, -0.2) is 19.1 Å². The molecule has 2 aliphatic heterocycles. The van der Waals surface area contributed by atoms with Crippen LogP contribution in [0.4, 0.5) is 0 Å². The van der Waals surface area contributed by atoms with Crippen molar-refractivity contribution >= 4 is 29.9 Å². The van der Waals surface area contributed by atoms with E-state index in [1.165, 1.54) is 11.1 Å². The lowest BCUT2D eigenvalue weighted by Crippen LogP contribution is -2.48. The summed E-state index contributed by atoms with van der Waals surface area (Å²) >= 11 is 6.44. The van der Waals surface area contributed by atoms with E-state index in [1.807, 2.05) is 24.3 Å². The van der Waals surface area contributed by atoms with Gasteiger partial charge < -0.3 is 15.4 Å². The molecule has 0 bridgehead atoms. The van der Waals surface area contributed by atoms with E-state index >= 15 is 0 Å². The van der Waals surface area contributed by atoms with Crippen LogP contribution in [0.5, 0.6) is 0 Å². The number of hydrogen-bond acceptors (Lipinski definition) is 3. The first kappa shape index (κ1) is 20.2. The van der Waals surface area contributed by atoms with Crippen LogP contribution in [0.25, 0.3) is 0 Å². The molecule has 0 spiro atoms. The van der Waals surface area contributed by atoms with Crippen molar-refractivity contribution < 1.29 is 9.53 Å². The Kier molecular flexibility index (Phi) is 6.43. The number of rotatable bonds is 4. The van der Waals surface area contributed by atoms with Gasteiger partial charge in [-0.25, -0.2) is 0 Å². The van der Waals surface area contributed by atoms with Crippen LogP contribution in [0.1, 0.15) is 35.1 Å². The molecule has 1 amide bonds. The molecule has 27 heavy (non-hydrogen) atoms. The van der Waals surface area contributed by atoms with Gasteiger partial charge in [0.2, 0.25) is 5.91 Å². The second-order valence-electron chi connectivity index (χ2n) is 7.06. The van der Waals surface area contributed by atoms with Crippen LogP contribution < -0.4 is 10.6 Å². The summed E-state index contributed by atoms with van der Waals surface area (Å²) in [5.41, 5.74) is 4.08. The quantitative estimate of drug-likeness (QED) is 0.812. The van der Waals surface area contributed by atoms with Gasteiger partial charge in [-0.3, -0.25) is 4.79 Å². The molecule has 4 rings (SSSR count). The van der Waals surface area contributed by atoms with Crippen LogP contribution in [-0.2, 0) is 34.6 Å². The fraction of sp³-hybridized carbons (Fsp3) is 0.381. The highest BCUT2D eigenvalue weighted by molar-refractivity contribution is 6.31. The first-order valence-electron chi connectivity index (χ1n) is 9.11. The molecule has 2 aromatic rings. The highest BCUT2D eigenvalue weighted by Crippen LogP contribution is 2.39. The van der Waals surface area contributed by atoms with Crippen molar-refractivity contribution in [3.8, 4) is 0 Å². The summed E-state index contributed by atoms with van der Waals surface area (Å²) in [6.45, 7) is 3.50. The molecule has 0 saturated carbocycles. The van der Waals surface area contributed by atoms with E-state index in [9.17, 15) is 4.79 Å². The molecular weight excluding hydrogens is 383 g/mol. The Balaban J connectivity index is 0.00000210.